The lowest BCUT2D eigenvalue weighted by Crippen LogP contribution is -2.32. The lowest BCUT2D eigenvalue weighted by molar-refractivity contribution is -0.391. The second kappa shape index (κ2) is 5.36. The molecular weight excluding hydrogens is 260 g/mol. The normalized spacial score (nSPS) is 18.6. The van der Waals surface area contributed by atoms with Crippen molar-refractivity contribution in [2.75, 3.05) is 13.1 Å². The Kier molecular flexibility index (Phi) is 4.31. The second-order valence-corrected chi connectivity index (χ2v) is 4.19. The number of rotatable bonds is 2. The van der Waals surface area contributed by atoms with Crippen molar-refractivity contribution in [3.05, 3.63) is 27.9 Å². The van der Waals surface area contributed by atoms with E-state index in [4.69, 9.17) is 5.73 Å². The Hall–Kier alpha value is -1.60. The summed E-state index contributed by atoms with van der Waals surface area (Å²) in [4.78, 5) is 23.9. The van der Waals surface area contributed by atoms with Crippen LogP contribution in [0.1, 0.15) is 16.9 Å². The van der Waals surface area contributed by atoms with Gasteiger partial charge in [0, 0.05) is 25.2 Å². The molecule has 100 valence electrons. The van der Waals surface area contributed by atoms with Gasteiger partial charge in [0.05, 0.1) is 7.05 Å². The van der Waals surface area contributed by atoms with Crippen LogP contribution in [0.3, 0.4) is 0 Å². The summed E-state index contributed by atoms with van der Waals surface area (Å²) in [6.07, 6.45) is 0.776. The molecule has 8 heteroatoms. The number of carbonyl (C=O) groups excluding carboxylic acids is 1. The minimum Gasteiger partial charge on any atom is -0.358 e. The third kappa shape index (κ3) is 2.46. The van der Waals surface area contributed by atoms with Crippen molar-refractivity contribution in [1.82, 2.24) is 9.47 Å². The average molecular weight is 275 g/mol. The van der Waals surface area contributed by atoms with E-state index in [2.05, 4.69) is 0 Å². The molecular formula is C10H15ClN4O3. The first-order valence-electron chi connectivity index (χ1n) is 5.35. The van der Waals surface area contributed by atoms with Crippen molar-refractivity contribution in [2.45, 2.75) is 12.5 Å². The topological polar surface area (TPSA) is 94.4 Å². The van der Waals surface area contributed by atoms with Gasteiger partial charge in [0.1, 0.15) is 0 Å². The molecule has 1 aliphatic heterocycles. The maximum atomic E-state index is 12.1. The standard InChI is InChI=1S/C10H14N4O3.ClH/c1-12-8(2-3-9(12)14(16)17)10(15)13-5-4-7(11)6-13;/h2-3,7H,4-6,11H2,1H3;1H/t7-;/m1./s1. The van der Waals surface area contributed by atoms with Gasteiger partial charge in [0.15, 0.2) is 5.69 Å². The summed E-state index contributed by atoms with van der Waals surface area (Å²) in [5, 5.41) is 10.7. The van der Waals surface area contributed by atoms with Crippen molar-refractivity contribution < 1.29 is 9.72 Å². The number of halogens is 1. The van der Waals surface area contributed by atoms with E-state index in [9.17, 15) is 14.9 Å². The summed E-state index contributed by atoms with van der Waals surface area (Å²) in [6.45, 7) is 1.12. The zero-order chi connectivity index (χ0) is 12.6. The Bertz CT molecular complexity index is 474. The van der Waals surface area contributed by atoms with Crippen molar-refractivity contribution in [2.24, 2.45) is 12.8 Å². The van der Waals surface area contributed by atoms with Crippen LogP contribution in [-0.4, -0.2) is 39.4 Å². The molecule has 0 radical (unpaired) electrons. The molecule has 1 atom stereocenters. The van der Waals surface area contributed by atoms with E-state index in [0.29, 0.717) is 18.8 Å². The highest BCUT2D eigenvalue weighted by molar-refractivity contribution is 5.93. The van der Waals surface area contributed by atoms with Gasteiger partial charge >= 0.3 is 5.82 Å². The van der Waals surface area contributed by atoms with Crippen LogP contribution >= 0.6 is 12.4 Å². The molecule has 0 aromatic carbocycles. The number of nitro groups is 1. The maximum Gasteiger partial charge on any atom is 0.323 e. The quantitative estimate of drug-likeness (QED) is 0.629. The molecule has 1 saturated heterocycles. The van der Waals surface area contributed by atoms with Gasteiger partial charge in [0.2, 0.25) is 0 Å². The van der Waals surface area contributed by atoms with E-state index in [-0.39, 0.29) is 30.2 Å². The molecule has 18 heavy (non-hydrogen) atoms. The Labute approximate surface area is 110 Å². The molecule has 1 amide bonds. The van der Waals surface area contributed by atoms with Crippen LogP contribution in [0.15, 0.2) is 12.1 Å². The van der Waals surface area contributed by atoms with Crippen LogP contribution in [0.2, 0.25) is 0 Å². The molecule has 1 aromatic heterocycles. The molecule has 0 aliphatic carbocycles. The number of likely N-dealkylation sites (tertiary alicyclic amines) is 1. The highest BCUT2D eigenvalue weighted by Gasteiger charge is 2.29. The molecule has 1 fully saturated rings. The Morgan fingerprint density at radius 3 is 2.67 bits per heavy atom. The summed E-state index contributed by atoms with van der Waals surface area (Å²) in [6, 6.07) is 2.82. The summed E-state index contributed by atoms with van der Waals surface area (Å²) in [5.74, 6) is -0.287. The van der Waals surface area contributed by atoms with Gasteiger partial charge in [0.25, 0.3) is 5.91 Å². The molecule has 1 aliphatic rings. The fraction of sp³-hybridized carbons (Fsp3) is 0.500. The first-order chi connectivity index (χ1) is 8.00. The zero-order valence-corrected chi connectivity index (χ0v) is 10.7. The highest BCUT2D eigenvalue weighted by Crippen LogP contribution is 2.18. The van der Waals surface area contributed by atoms with E-state index >= 15 is 0 Å². The molecule has 2 heterocycles. The number of nitrogens with two attached hydrogens (primary N) is 1. The van der Waals surface area contributed by atoms with Crippen LogP contribution in [0.25, 0.3) is 0 Å². The minimum absolute atomic E-state index is 0. The first-order valence-corrected chi connectivity index (χ1v) is 5.35. The van der Waals surface area contributed by atoms with E-state index < -0.39 is 4.92 Å². The predicted octanol–water partition coefficient (Wildman–Crippen LogP) is 0.528. The first kappa shape index (κ1) is 14.5. The summed E-state index contributed by atoms with van der Waals surface area (Å²) in [5.41, 5.74) is 6.05. The second-order valence-electron chi connectivity index (χ2n) is 4.19. The monoisotopic (exact) mass is 274 g/mol. The van der Waals surface area contributed by atoms with Crippen molar-refractivity contribution in [3.63, 3.8) is 0 Å². The van der Waals surface area contributed by atoms with Crippen LogP contribution in [-0.2, 0) is 7.05 Å². The van der Waals surface area contributed by atoms with Crippen LogP contribution in [0.4, 0.5) is 5.82 Å². The number of nitrogens with zero attached hydrogens (tertiary/aromatic N) is 3. The van der Waals surface area contributed by atoms with Gasteiger partial charge in [-0.2, -0.15) is 0 Å². The third-order valence-corrected chi connectivity index (χ3v) is 3.01. The van der Waals surface area contributed by atoms with Gasteiger partial charge in [-0.25, -0.2) is 4.57 Å². The summed E-state index contributed by atoms with van der Waals surface area (Å²) >= 11 is 0. The van der Waals surface area contributed by atoms with Crippen LogP contribution < -0.4 is 5.73 Å². The summed E-state index contributed by atoms with van der Waals surface area (Å²) < 4.78 is 1.30. The van der Waals surface area contributed by atoms with Crippen molar-refractivity contribution in [3.8, 4) is 0 Å². The fourth-order valence-corrected chi connectivity index (χ4v) is 2.03. The Morgan fingerprint density at radius 2 is 2.22 bits per heavy atom. The van der Waals surface area contributed by atoms with Gasteiger partial charge < -0.3 is 20.7 Å². The Balaban J connectivity index is 0.00000162. The largest absolute Gasteiger partial charge is 0.358 e. The average Bonchev–Trinajstić information content (AvgIpc) is 2.83. The molecule has 2 rings (SSSR count). The minimum atomic E-state index is -0.507. The lowest BCUT2D eigenvalue weighted by Gasteiger charge is -2.14. The van der Waals surface area contributed by atoms with E-state index in [1.807, 2.05) is 0 Å². The van der Waals surface area contributed by atoms with E-state index in [1.165, 1.54) is 23.7 Å². The Morgan fingerprint density at radius 1 is 1.56 bits per heavy atom. The lowest BCUT2D eigenvalue weighted by atomic mass is 10.3. The van der Waals surface area contributed by atoms with Gasteiger partial charge in [-0.05, 0) is 17.4 Å². The van der Waals surface area contributed by atoms with Crippen molar-refractivity contribution in [1.29, 1.82) is 0 Å². The molecule has 2 N–H and O–H groups in total. The summed E-state index contributed by atoms with van der Waals surface area (Å²) in [7, 11) is 1.52. The maximum absolute atomic E-state index is 12.1. The van der Waals surface area contributed by atoms with Gasteiger partial charge in [-0.15, -0.1) is 12.4 Å². The fourth-order valence-electron chi connectivity index (χ4n) is 2.03. The van der Waals surface area contributed by atoms with Gasteiger partial charge in [-0.1, -0.05) is 0 Å². The smallest absolute Gasteiger partial charge is 0.323 e. The molecule has 1 aromatic rings. The number of carbonyl (C=O) groups is 1. The highest BCUT2D eigenvalue weighted by atomic mass is 35.5. The molecule has 0 saturated carbocycles. The zero-order valence-electron chi connectivity index (χ0n) is 9.91. The number of amides is 1. The molecule has 0 spiro atoms. The molecule has 7 nitrogen and oxygen atoms in total. The number of aromatic nitrogens is 1. The SMILES string of the molecule is Cl.Cn1c(C(=O)N2CC[C@@H](N)C2)ccc1[N+](=O)[O-]. The van der Waals surface area contributed by atoms with Crippen LogP contribution in [0.5, 0.6) is 0 Å². The molecule has 0 bridgehead atoms. The van der Waals surface area contributed by atoms with E-state index in [0.717, 1.165) is 6.42 Å². The third-order valence-electron chi connectivity index (χ3n) is 3.01. The van der Waals surface area contributed by atoms with Crippen LogP contribution in [0, 0.1) is 10.1 Å². The number of hydrogen-bond donors (Lipinski definition) is 1. The number of hydrogen-bond acceptors (Lipinski definition) is 4. The van der Waals surface area contributed by atoms with E-state index in [1.54, 1.807) is 4.90 Å². The van der Waals surface area contributed by atoms with Crippen molar-refractivity contribution >= 4 is 24.1 Å². The van der Waals surface area contributed by atoms with Gasteiger partial charge in [-0.3, -0.25) is 4.79 Å². The molecule has 0 unspecified atom stereocenters. The predicted molar refractivity (Wildman–Crippen MR) is 67.8 cm³/mol.